The van der Waals surface area contributed by atoms with Crippen LogP contribution in [0.5, 0.6) is 5.75 Å². The van der Waals surface area contributed by atoms with Gasteiger partial charge in [-0.3, -0.25) is 4.79 Å². The molecule has 0 heterocycles. The quantitative estimate of drug-likeness (QED) is 0.534. The summed E-state index contributed by atoms with van der Waals surface area (Å²) in [7, 11) is 0. The number of unbranched alkanes of at least 4 members (excludes halogenated alkanes) is 1. The lowest BCUT2D eigenvalue weighted by atomic mass is 10.1. The van der Waals surface area contributed by atoms with E-state index in [1.807, 2.05) is 43.3 Å². The number of hydrogen-bond acceptors (Lipinski definition) is 2. The molecule has 0 unspecified atom stereocenters. The predicted molar refractivity (Wildman–Crippen MR) is 101 cm³/mol. The molecule has 0 saturated heterocycles. The molecule has 0 aromatic heterocycles. The van der Waals surface area contributed by atoms with Crippen LogP contribution in [0.1, 0.15) is 30.9 Å². The molecule has 0 spiro atoms. The lowest BCUT2D eigenvalue weighted by Crippen LogP contribution is -2.09. The number of rotatable bonds is 7. The molecular formula is C20H22ClNO2. The average molecular weight is 344 g/mol. The largest absolute Gasteiger partial charge is 0.493 e. The molecule has 2 rings (SSSR count). The summed E-state index contributed by atoms with van der Waals surface area (Å²) in [5.74, 6) is 0.581. The molecule has 1 N–H and O–H groups in total. The highest BCUT2D eigenvalue weighted by Crippen LogP contribution is 2.23. The minimum atomic E-state index is -0.205. The molecule has 2 aromatic rings. The standard InChI is InChI=1S/C20H22ClNO2/c1-3-4-14-24-19-11-6-5-8-16(19)12-13-20(23)22-18-10-7-9-17(21)15(18)2/h5-13H,3-4,14H2,1-2H3,(H,22,23)/b13-12+. The van der Waals surface area contributed by atoms with Crippen molar-refractivity contribution < 1.29 is 9.53 Å². The van der Waals surface area contributed by atoms with Gasteiger partial charge in [0.15, 0.2) is 0 Å². The van der Waals surface area contributed by atoms with Crippen LogP contribution in [0, 0.1) is 6.92 Å². The molecule has 24 heavy (non-hydrogen) atoms. The van der Waals surface area contributed by atoms with Crippen molar-refractivity contribution in [1.82, 2.24) is 0 Å². The Hall–Kier alpha value is -2.26. The van der Waals surface area contributed by atoms with Crippen LogP contribution in [0.25, 0.3) is 6.08 Å². The van der Waals surface area contributed by atoms with Gasteiger partial charge in [-0.05, 0) is 43.2 Å². The Morgan fingerprint density at radius 3 is 2.79 bits per heavy atom. The first-order valence-electron chi connectivity index (χ1n) is 8.08. The molecule has 0 fully saturated rings. The summed E-state index contributed by atoms with van der Waals surface area (Å²) in [6.45, 7) is 4.67. The highest BCUT2D eigenvalue weighted by Gasteiger charge is 2.05. The second kappa shape index (κ2) is 9.14. The maximum atomic E-state index is 12.1. The van der Waals surface area contributed by atoms with Gasteiger partial charge in [-0.25, -0.2) is 0 Å². The summed E-state index contributed by atoms with van der Waals surface area (Å²) in [5.41, 5.74) is 2.44. The molecule has 0 saturated carbocycles. The molecule has 126 valence electrons. The van der Waals surface area contributed by atoms with E-state index in [0.717, 1.165) is 29.7 Å². The van der Waals surface area contributed by atoms with Crippen LogP contribution in [-0.4, -0.2) is 12.5 Å². The molecule has 0 aliphatic heterocycles. The molecular weight excluding hydrogens is 322 g/mol. The molecule has 0 bridgehead atoms. The van der Waals surface area contributed by atoms with E-state index in [4.69, 9.17) is 16.3 Å². The maximum absolute atomic E-state index is 12.1. The van der Waals surface area contributed by atoms with Crippen molar-refractivity contribution in [3.63, 3.8) is 0 Å². The van der Waals surface area contributed by atoms with Crippen molar-refractivity contribution >= 4 is 29.3 Å². The Balaban J connectivity index is 2.05. The van der Waals surface area contributed by atoms with Crippen LogP contribution < -0.4 is 10.1 Å². The van der Waals surface area contributed by atoms with Crippen molar-refractivity contribution in [3.8, 4) is 5.75 Å². The summed E-state index contributed by atoms with van der Waals surface area (Å²) in [6, 6.07) is 13.1. The highest BCUT2D eigenvalue weighted by atomic mass is 35.5. The molecule has 3 nitrogen and oxygen atoms in total. The first-order valence-corrected chi connectivity index (χ1v) is 8.45. The predicted octanol–water partition coefficient (Wildman–Crippen LogP) is 5.48. The van der Waals surface area contributed by atoms with Crippen LogP contribution in [0.4, 0.5) is 5.69 Å². The first kappa shape index (κ1) is 18.1. The number of carbonyl (C=O) groups excluding carboxylic acids is 1. The summed E-state index contributed by atoms with van der Waals surface area (Å²) >= 11 is 6.07. The second-order valence-electron chi connectivity index (χ2n) is 5.47. The molecule has 0 radical (unpaired) electrons. The molecule has 0 atom stereocenters. The van der Waals surface area contributed by atoms with Gasteiger partial charge in [-0.2, -0.15) is 0 Å². The van der Waals surface area contributed by atoms with E-state index < -0.39 is 0 Å². The van der Waals surface area contributed by atoms with Gasteiger partial charge < -0.3 is 10.1 Å². The number of anilines is 1. The summed E-state index contributed by atoms with van der Waals surface area (Å²) < 4.78 is 5.76. The normalized spacial score (nSPS) is 10.8. The van der Waals surface area contributed by atoms with Gasteiger partial charge in [0.2, 0.25) is 5.91 Å². The third-order valence-corrected chi connectivity index (χ3v) is 4.02. The number of para-hydroxylation sites is 1. The third kappa shape index (κ3) is 5.14. The lowest BCUT2D eigenvalue weighted by Gasteiger charge is -2.09. The van der Waals surface area contributed by atoms with E-state index in [0.29, 0.717) is 17.3 Å². The van der Waals surface area contributed by atoms with Crippen molar-refractivity contribution in [1.29, 1.82) is 0 Å². The average Bonchev–Trinajstić information content (AvgIpc) is 2.58. The zero-order chi connectivity index (χ0) is 17.4. The SMILES string of the molecule is CCCCOc1ccccc1/C=C/C(=O)Nc1cccc(Cl)c1C. The van der Waals surface area contributed by atoms with Gasteiger partial charge in [0.05, 0.1) is 6.61 Å². The minimum absolute atomic E-state index is 0.205. The molecule has 4 heteroatoms. The maximum Gasteiger partial charge on any atom is 0.248 e. The van der Waals surface area contributed by atoms with Crippen molar-refractivity contribution in [2.75, 3.05) is 11.9 Å². The van der Waals surface area contributed by atoms with Crippen LogP contribution in [-0.2, 0) is 4.79 Å². The van der Waals surface area contributed by atoms with E-state index in [1.54, 1.807) is 12.1 Å². The summed E-state index contributed by atoms with van der Waals surface area (Å²) in [6.07, 6.45) is 5.35. The number of amides is 1. The zero-order valence-electron chi connectivity index (χ0n) is 14.0. The van der Waals surface area contributed by atoms with Crippen LogP contribution in [0.2, 0.25) is 5.02 Å². The Labute approximate surface area is 148 Å². The van der Waals surface area contributed by atoms with Gasteiger partial charge in [0.25, 0.3) is 0 Å². The Kier molecular flexibility index (Phi) is 6.89. The number of carbonyl (C=O) groups is 1. The van der Waals surface area contributed by atoms with E-state index in [9.17, 15) is 4.79 Å². The van der Waals surface area contributed by atoms with E-state index in [1.165, 1.54) is 6.08 Å². The number of ether oxygens (including phenoxy) is 1. The van der Waals surface area contributed by atoms with Crippen molar-refractivity contribution in [3.05, 3.63) is 64.7 Å². The fraction of sp³-hybridized carbons (Fsp3) is 0.250. The number of hydrogen-bond donors (Lipinski definition) is 1. The molecule has 0 aliphatic rings. The fourth-order valence-electron chi connectivity index (χ4n) is 2.16. The topological polar surface area (TPSA) is 38.3 Å². The Morgan fingerprint density at radius 2 is 2.00 bits per heavy atom. The van der Waals surface area contributed by atoms with E-state index in [-0.39, 0.29) is 5.91 Å². The van der Waals surface area contributed by atoms with Crippen LogP contribution >= 0.6 is 11.6 Å². The molecule has 1 amide bonds. The Morgan fingerprint density at radius 1 is 1.21 bits per heavy atom. The highest BCUT2D eigenvalue weighted by molar-refractivity contribution is 6.31. The van der Waals surface area contributed by atoms with Crippen LogP contribution in [0.3, 0.4) is 0 Å². The monoisotopic (exact) mass is 343 g/mol. The molecule has 0 aliphatic carbocycles. The molecule has 2 aromatic carbocycles. The van der Waals surface area contributed by atoms with E-state index >= 15 is 0 Å². The zero-order valence-corrected chi connectivity index (χ0v) is 14.8. The summed E-state index contributed by atoms with van der Waals surface area (Å²) in [5, 5.41) is 3.47. The second-order valence-corrected chi connectivity index (χ2v) is 5.88. The Bertz CT molecular complexity index is 725. The fourth-order valence-corrected chi connectivity index (χ4v) is 2.33. The smallest absolute Gasteiger partial charge is 0.248 e. The van der Waals surface area contributed by atoms with Crippen molar-refractivity contribution in [2.45, 2.75) is 26.7 Å². The van der Waals surface area contributed by atoms with Gasteiger partial charge in [-0.1, -0.05) is 49.2 Å². The first-order chi connectivity index (χ1) is 11.6. The van der Waals surface area contributed by atoms with Crippen molar-refractivity contribution in [2.24, 2.45) is 0 Å². The van der Waals surface area contributed by atoms with Gasteiger partial charge in [0.1, 0.15) is 5.75 Å². The third-order valence-electron chi connectivity index (χ3n) is 3.61. The summed E-state index contributed by atoms with van der Waals surface area (Å²) in [4.78, 5) is 12.1. The lowest BCUT2D eigenvalue weighted by molar-refractivity contribution is -0.111. The van der Waals surface area contributed by atoms with Gasteiger partial charge in [0, 0.05) is 22.3 Å². The number of benzene rings is 2. The van der Waals surface area contributed by atoms with E-state index in [2.05, 4.69) is 12.2 Å². The minimum Gasteiger partial charge on any atom is -0.493 e. The number of halogens is 1. The number of nitrogens with one attached hydrogen (secondary N) is 1. The van der Waals surface area contributed by atoms with Crippen LogP contribution in [0.15, 0.2) is 48.5 Å². The van der Waals surface area contributed by atoms with Gasteiger partial charge >= 0.3 is 0 Å². The van der Waals surface area contributed by atoms with Gasteiger partial charge in [-0.15, -0.1) is 0 Å².